The van der Waals surface area contributed by atoms with Crippen LogP contribution in [0.15, 0.2) is 54.6 Å². The van der Waals surface area contributed by atoms with Crippen LogP contribution in [0.5, 0.6) is 0 Å². The summed E-state index contributed by atoms with van der Waals surface area (Å²) in [5.74, 6) is -0.176. The van der Waals surface area contributed by atoms with Crippen molar-refractivity contribution in [2.45, 2.75) is 25.8 Å². The molecule has 128 valence electrons. The molecule has 1 aromatic heterocycles. The number of benzene rings is 2. The van der Waals surface area contributed by atoms with E-state index < -0.39 is 6.04 Å². The molecule has 25 heavy (non-hydrogen) atoms. The van der Waals surface area contributed by atoms with Crippen molar-refractivity contribution in [3.8, 4) is 0 Å². The molecule has 6 nitrogen and oxygen atoms in total. The Morgan fingerprint density at radius 2 is 1.80 bits per heavy atom. The predicted molar refractivity (Wildman–Crippen MR) is 97.3 cm³/mol. The fraction of sp³-hybridized carbons (Fsp3) is 0.211. The lowest BCUT2D eigenvalue weighted by atomic mass is 10.1. The van der Waals surface area contributed by atoms with E-state index in [4.69, 9.17) is 0 Å². The molecule has 3 aromatic rings. The summed E-state index contributed by atoms with van der Waals surface area (Å²) >= 11 is 0. The van der Waals surface area contributed by atoms with Crippen molar-refractivity contribution in [2.75, 3.05) is 5.32 Å². The van der Waals surface area contributed by atoms with E-state index in [1.807, 2.05) is 37.3 Å². The smallest absolute Gasteiger partial charge is 0.251 e. The van der Waals surface area contributed by atoms with Gasteiger partial charge < -0.3 is 10.3 Å². The van der Waals surface area contributed by atoms with Gasteiger partial charge in [-0.05, 0) is 30.7 Å². The van der Waals surface area contributed by atoms with Gasteiger partial charge in [0.05, 0.1) is 11.0 Å². The zero-order valence-corrected chi connectivity index (χ0v) is 14.0. The van der Waals surface area contributed by atoms with Gasteiger partial charge in [0.1, 0.15) is 6.04 Å². The van der Waals surface area contributed by atoms with Gasteiger partial charge in [0, 0.05) is 5.56 Å². The number of aromatic nitrogens is 2. The Balaban J connectivity index is 1.70. The second kappa shape index (κ2) is 7.61. The number of nitrogens with one attached hydrogen (secondary N) is 3. The van der Waals surface area contributed by atoms with Crippen LogP contribution in [0.2, 0.25) is 0 Å². The zero-order valence-electron chi connectivity index (χ0n) is 14.0. The molecule has 0 fully saturated rings. The number of para-hydroxylation sites is 2. The monoisotopic (exact) mass is 336 g/mol. The van der Waals surface area contributed by atoms with Crippen LogP contribution in [0.25, 0.3) is 11.0 Å². The molecule has 0 aliphatic heterocycles. The molecule has 6 heteroatoms. The minimum absolute atomic E-state index is 0.265. The van der Waals surface area contributed by atoms with Crippen LogP contribution in [0.1, 0.15) is 30.1 Å². The maximum absolute atomic E-state index is 12.6. The van der Waals surface area contributed by atoms with Crippen molar-refractivity contribution in [3.63, 3.8) is 0 Å². The minimum atomic E-state index is -0.620. The lowest BCUT2D eigenvalue weighted by Crippen LogP contribution is -2.43. The molecule has 0 bridgehead atoms. The van der Waals surface area contributed by atoms with Crippen LogP contribution < -0.4 is 10.6 Å². The van der Waals surface area contributed by atoms with Crippen LogP contribution >= 0.6 is 0 Å². The topological polar surface area (TPSA) is 86.9 Å². The number of H-pyrrole nitrogens is 1. The second-order valence-corrected chi connectivity index (χ2v) is 5.77. The first kappa shape index (κ1) is 16.7. The van der Waals surface area contributed by atoms with Crippen molar-refractivity contribution >= 4 is 28.8 Å². The maximum atomic E-state index is 12.6. The van der Waals surface area contributed by atoms with Gasteiger partial charge in [-0.2, -0.15) is 0 Å². The summed E-state index contributed by atoms with van der Waals surface area (Å²) < 4.78 is 0. The summed E-state index contributed by atoms with van der Waals surface area (Å²) in [5.41, 5.74) is 2.15. The molecule has 0 aliphatic rings. The third-order valence-corrected chi connectivity index (χ3v) is 3.87. The number of imidazole rings is 1. The zero-order chi connectivity index (χ0) is 17.6. The van der Waals surface area contributed by atoms with Crippen LogP contribution in [0.3, 0.4) is 0 Å². The first-order chi connectivity index (χ1) is 12.2. The number of anilines is 1. The number of aromatic amines is 1. The van der Waals surface area contributed by atoms with Gasteiger partial charge in [0.25, 0.3) is 5.91 Å². The van der Waals surface area contributed by atoms with Crippen LogP contribution in [-0.4, -0.2) is 27.8 Å². The van der Waals surface area contributed by atoms with Crippen molar-refractivity contribution in [3.05, 3.63) is 60.2 Å². The number of carbonyl (C=O) groups is 2. The molecule has 3 rings (SSSR count). The Morgan fingerprint density at radius 1 is 1.08 bits per heavy atom. The number of rotatable bonds is 6. The summed E-state index contributed by atoms with van der Waals surface area (Å²) in [6, 6.07) is 15.8. The molecule has 0 unspecified atom stereocenters. The van der Waals surface area contributed by atoms with Gasteiger partial charge in [-0.1, -0.05) is 43.7 Å². The fourth-order valence-corrected chi connectivity index (χ4v) is 2.60. The molecule has 2 amide bonds. The highest BCUT2D eigenvalue weighted by atomic mass is 16.2. The van der Waals surface area contributed by atoms with E-state index >= 15 is 0 Å². The van der Waals surface area contributed by atoms with Crippen LogP contribution in [0.4, 0.5) is 5.95 Å². The van der Waals surface area contributed by atoms with Crippen molar-refractivity contribution in [1.82, 2.24) is 15.3 Å². The average molecular weight is 336 g/mol. The van der Waals surface area contributed by atoms with Gasteiger partial charge in [0.2, 0.25) is 11.9 Å². The Kier molecular flexibility index (Phi) is 5.09. The highest BCUT2D eigenvalue weighted by Gasteiger charge is 2.21. The fourth-order valence-electron chi connectivity index (χ4n) is 2.60. The number of nitrogens with zero attached hydrogens (tertiary/aromatic N) is 1. The largest absolute Gasteiger partial charge is 0.340 e. The van der Waals surface area contributed by atoms with E-state index in [0.717, 1.165) is 17.5 Å². The third kappa shape index (κ3) is 4.03. The van der Waals surface area contributed by atoms with E-state index in [0.29, 0.717) is 17.9 Å². The Morgan fingerprint density at radius 3 is 2.52 bits per heavy atom. The summed E-state index contributed by atoms with van der Waals surface area (Å²) in [5, 5.41) is 5.55. The molecule has 1 atom stereocenters. The molecule has 0 radical (unpaired) electrons. The Labute approximate surface area is 145 Å². The number of fused-ring (bicyclic) bond motifs is 1. The lowest BCUT2D eigenvalue weighted by Gasteiger charge is -2.17. The molecule has 1 heterocycles. The maximum Gasteiger partial charge on any atom is 0.251 e. The molecule has 0 saturated carbocycles. The first-order valence-electron chi connectivity index (χ1n) is 8.29. The van der Waals surface area contributed by atoms with Gasteiger partial charge >= 0.3 is 0 Å². The number of carbonyl (C=O) groups excluding carboxylic acids is 2. The number of hydrogen-bond acceptors (Lipinski definition) is 3. The Bertz CT molecular complexity index is 840. The normalized spacial score (nSPS) is 11.9. The molecular weight excluding hydrogens is 316 g/mol. The minimum Gasteiger partial charge on any atom is -0.340 e. The number of amides is 2. The molecular formula is C19H20N4O2. The average Bonchev–Trinajstić information content (AvgIpc) is 3.04. The van der Waals surface area contributed by atoms with E-state index in [1.54, 1.807) is 24.3 Å². The molecule has 0 spiro atoms. The molecule has 3 N–H and O–H groups in total. The van der Waals surface area contributed by atoms with Gasteiger partial charge in [-0.15, -0.1) is 0 Å². The lowest BCUT2D eigenvalue weighted by molar-refractivity contribution is -0.118. The first-order valence-corrected chi connectivity index (χ1v) is 8.29. The van der Waals surface area contributed by atoms with Gasteiger partial charge in [-0.3, -0.25) is 14.9 Å². The second-order valence-electron chi connectivity index (χ2n) is 5.77. The van der Waals surface area contributed by atoms with Crippen LogP contribution in [0, 0.1) is 0 Å². The molecule has 0 saturated heterocycles. The predicted octanol–water partition coefficient (Wildman–Crippen LogP) is 3.10. The Hall–Kier alpha value is -3.15. The highest BCUT2D eigenvalue weighted by molar-refractivity contribution is 6.01. The summed E-state index contributed by atoms with van der Waals surface area (Å²) in [4.78, 5) is 32.3. The van der Waals surface area contributed by atoms with Crippen LogP contribution in [-0.2, 0) is 4.79 Å². The van der Waals surface area contributed by atoms with Crippen molar-refractivity contribution in [2.24, 2.45) is 0 Å². The third-order valence-electron chi connectivity index (χ3n) is 3.87. The van der Waals surface area contributed by atoms with Crippen molar-refractivity contribution in [1.29, 1.82) is 0 Å². The van der Waals surface area contributed by atoms with E-state index in [2.05, 4.69) is 20.6 Å². The summed E-state index contributed by atoms with van der Waals surface area (Å²) in [6.07, 6.45) is 1.32. The van der Waals surface area contributed by atoms with Gasteiger partial charge in [0.15, 0.2) is 0 Å². The summed E-state index contributed by atoms with van der Waals surface area (Å²) in [6.45, 7) is 1.97. The SMILES string of the molecule is CCC[C@@H](NC(=O)c1ccccc1)C(=O)Nc1nc2ccccc2[nH]1. The van der Waals surface area contributed by atoms with E-state index in [1.165, 1.54) is 0 Å². The highest BCUT2D eigenvalue weighted by Crippen LogP contribution is 2.14. The van der Waals surface area contributed by atoms with Crippen molar-refractivity contribution < 1.29 is 9.59 Å². The quantitative estimate of drug-likeness (QED) is 0.646. The summed E-state index contributed by atoms with van der Waals surface area (Å²) in [7, 11) is 0. The van der Waals surface area contributed by atoms with E-state index in [-0.39, 0.29) is 11.8 Å². The van der Waals surface area contributed by atoms with E-state index in [9.17, 15) is 9.59 Å². The molecule has 0 aliphatic carbocycles. The van der Waals surface area contributed by atoms with Gasteiger partial charge in [-0.25, -0.2) is 4.98 Å². The molecule has 2 aromatic carbocycles. The number of hydrogen-bond donors (Lipinski definition) is 3. The standard InChI is InChI=1S/C19H20N4O2/c1-2-8-16(20-17(24)13-9-4-3-5-10-13)18(25)23-19-21-14-11-6-7-12-15(14)22-19/h3-7,9-12,16H,2,8H2,1H3,(H,20,24)(H2,21,22,23,25)/t16-/m1/s1.